The summed E-state index contributed by atoms with van der Waals surface area (Å²) in [7, 11) is -3.24. The molecular formula is C21H30N7O9PS. The number of anilines is 1. The van der Waals surface area contributed by atoms with Gasteiger partial charge in [-0.2, -0.15) is 11.8 Å². The molecule has 3 saturated heterocycles. The molecule has 0 saturated carbocycles. The molecule has 16 nitrogen and oxygen atoms in total. The normalized spacial score (nSPS) is 31.6. The number of amides is 2. The Bertz CT molecular complexity index is 1270. The maximum Gasteiger partial charge on any atom is 0.532 e. The number of unbranched alkanes of at least 4 members (excludes halogenated alkanes) is 1. The van der Waals surface area contributed by atoms with E-state index in [1.807, 2.05) is 0 Å². The van der Waals surface area contributed by atoms with E-state index in [4.69, 9.17) is 24.0 Å². The number of carbonyl (C=O) groups excluding carboxylic acids is 2. The summed E-state index contributed by atoms with van der Waals surface area (Å²) in [5.41, 5.74) is 6.38. The van der Waals surface area contributed by atoms with E-state index in [2.05, 4.69) is 25.6 Å². The number of urea groups is 1. The third-order valence-corrected chi connectivity index (χ3v) is 9.74. The molecule has 2 aromatic heterocycles. The summed E-state index contributed by atoms with van der Waals surface area (Å²) in [5.74, 6) is 0.227. The monoisotopic (exact) mass is 587 g/mol. The number of nitrogen functional groups attached to an aromatic ring is 1. The van der Waals surface area contributed by atoms with Gasteiger partial charge in [-0.15, -0.1) is 0 Å². The molecule has 0 aromatic carbocycles. The van der Waals surface area contributed by atoms with Crippen molar-refractivity contribution in [3.05, 3.63) is 12.7 Å². The number of phosphoric acid groups is 1. The number of aromatic nitrogens is 4. The lowest BCUT2D eigenvalue weighted by atomic mass is 10.0. The quantitative estimate of drug-likeness (QED) is 0.133. The largest absolute Gasteiger partial charge is 0.532 e. The van der Waals surface area contributed by atoms with Crippen LogP contribution in [0, 0.1) is 0 Å². The van der Waals surface area contributed by atoms with Crippen LogP contribution in [0.5, 0.6) is 0 Å². The molecule has 2 amide bonds. The molecule has 5 heterocycles. The molecule has 0 spiro atoms. The van der Waals surface area contributed by atoms with Gasteiger partial charge in [0.25, 0.3) is 0 Å². The molecule has 0 bridgehead atoms. The molecule has 3 aliphatic heterocycles. The molecular weight excluding hydrogens is 557 g/mol. The highest BCUT2D eigenvalue weighted by molar-refractivity contribution is 8.00. The molecule has 5 rings (SSSR count). The predicted octanol–water partition coefficient (Wildman–Crippen LogP) is 0.0678. The highest BCUT2D eigenvalue weighted by Crippen LogP contribution is 2.50. The second kappa shape index (κ2) is 11.5. The zero-order valence-corrected chi connectivity index (χ0v) is 22.6. The van der Waals surface area contributed by atoms with Crippen molar-refractivity contribution in [3.8, 4) is 0 Å². The number of hydrogen-bond donors (Lipinski definition) is 5. The zero-order chi connectivity index (χ0) is 27.7. The minimum atomic E-state index is -4.31. The van der Waals surface area contributed by atoms with Crippen LogP contribution in [-0.2, 0) is 27.7 Å². The van der Waals surface area contributed by atoms with Crippen molar-refractivity contribution in [2.75, 3.05) is 25.2 Å². The van der Waals surface area contributed by atoms with Crippen LogP contribution in [-0.4, -0.2) is 96.8 Å². The highest BCUT2D eigenvalue weighted by Gasteiger charge is 2.46. The average molecular weight is 588 g/mol. The minimum Gasteiger partial charge on any atom is -0.387 e. The van der Waals surface area contributed by atoms with E-state index in [0.29, 0.717) is 18.4 Å². The Balaban J connectivity index is 1.09. The first-order valence-electron chi connectivity index (χ1n) is 12.3. The first-order chi connectivity index (χ1) is 18.7. The Morgan fingerprint density at radius 2 is 2.10 bits per heavy atom. The van der Waals surface area contributed by atoms with E-state index in [1.165, 1.54) is 17.2 Å². The summed E-state index contributed by atoms with van der Waals surface area (Å²) < 4.78 is 35.1. The van der Waals surface area contributed by atoms with Crippen LogP contribution in [0.2, 0.25) is 0 Å². The second-order valence-corrected chi connectivity index (χ2v) is 12.4. The van der Waals surface area contributed by atoms with Crippen LogP contribution in [0.1, 0.15) is 31.9 Å². The molecule has 8 unspecified atom stereocenters. The van der Waals surface area contributed by atoms with Gasteiger partial charge in [0.15, 0.2) is 17.7 Å². The number of phosphoric ester groups is 1. The van der Waals surface area contributed by atoms with Gasteiger partial charge in [0.1, 0.15) is 30.2 Å². The van der Waals surface area contributed by atoms with Crippen molar-refractivity contribution in [2.24, 2.45) is 0 Å². The van der Waals surface area contributed by atoms with Gasteiger partial charge in [-0.3, -0.25) is 18.4 Å². The maximum absolute atomic E-state index is 12.9. The summed E-state index contributed by atoms with van der Waals surface area (Å²) in [6.07, 6.45) is -0.493. The maximum atomic E-state index is 12.9. The molecule has 3 aliphatic rings. The molecule has 18 heteroatoms. The Kier molecular flexibility index (Phi) is 8.28. The molecule has 39 heavy (non-hydrogen) atoms. The number of aliphatic hydroxyl groups is 2. The van der Waals surface area contributed by atoms with Crippen molar-refractivity contribution in [1.82, 2.24) is 30.2 Å². The zero-order valence-electron chi connectivity index (χ0n) is 20.9. The summed E-state index contributed by atoms with van der Waals surface area (Å²) in [6, 6.07) is 0.0689. The molecule has 3 fully saturated rings. The summed E-state index contributed by atoms with van der Waals surface area (Å²) in [5, 5.41) is 27.1. The number of nitrogens with zero attached hydrogens (tertiary/aromatic N) is 4. The van der Waals surface area contributed by atoms with Crippen LogP contribution >= 0.6 is 19.6 Å². The molecule has 0 radical (unpaired) electrons. The highest BCUT2D eigenvalue weighted by atomic mass is 32.2. The van der Waals surface area contributed by atoms with E-state index >= 15 is 0 Å². The number of nitrogens with one attached hydrogen (secondary N) is 2. The van der Waals surface area contributed by atoms with Crippen LogP contribution in [0.15, 0.2) is 12.7 Å². The van der Waals surface area contributed by atoms with E-state index < -0.39 is 44.9 Å². The number of hydrogen-bond acceptors (Lipinski definition) is 14. The summed E-state index contributed by atoms with van der Waals surface area (Å²) in [6.45, 7) is -0.502. The smallest absolute Gasteiger partial charge is 0.387 e. The standard InChI is InChI=1S/C21H30N7O9PS/c1-34-38(33,37-13(29)5-3-2-4-12-14-10(7-39-12)26-21(32)27-14)35-6-11-16(30)17(31)20(36-11)28-9-25-15-18(22)23-8-24-19(15)28/h8-12,14,16-17,20,30-31H,2-7H2,1H3,(H2,22,23,24)(H2,26,27,32). The van der Waals surface area contributed by atoms with Crippen LogP contribution in [0.3, 0.4) is 0 Å². The van der Waals surface area contributed by atoms with Crippen LogP contribution < -0.4 is 16.4 Å². The lowest BCUT2D eigenvalue weighted by Crippen LogP contribution is -2.36. The number of imidazole rings is 1. The van der Waals surface area contributed by atoms with E-state index in [9.17, 15) is 24.4 Å². The van der Waals surface area contributed by atoms with Crippen molar-refractivity contribution in [2.45, 2.75) is 67.6 Å². The first kappa shape index (κ1) is 28.0. The lowest BCUT2D eigenvalue weighted by molar-refractivity contribution is -0.136. The number of fused-ring (bicyclic) bond motifs is 2. The lowest BCUT2D eigenvalue weighted by Gasteiger charge is -2.19. The SMILES string of the molecule is COP(=O)(OCC1OC(n2cnc3c(N)ncnc32)C(O)C1O)OC(=O)CCCCC1SCC2NC(=O)NC21. The van der Waals surface area contributed by atoms with Gasteiger partial charge in [-0.1, -0.05) is 6.42 Å². The van der Waals surface area contributed by atoms with Crippen molar-refractivity contribution in [3.63, 3.8) is 0 Å². The number of ether oxygens (including phenoxy) is 1. The molecule has 214 valence electrons. The first-order valence-corrected chi connectivity index (χ1v) is 14.9. The fourth-order valence-electron chi connectivity index (χ4n) is 4.86. The van der Waals surface area contributed by atoms with E-state index in [-0.39, 0.29) is 41.3 Å². The summed E-state index contributed by atoms with van der Waals surface area (Å²) >= 11 is 1.78. The second-order valence-electron chi connectivity index (χ2n) is 9.39. The van der Waals surface area contributed by atoms with Crippen molar-refractivity contribution < 1.29 is 42.7 Å². The van der Waals surface area contributed by atoms with Gasteiger partial charge in [-0.05, 0) is 12.8 Å². The predicted molar refractivity (Wildman–Crippen MR) is 136 cm³/mol. The number of rotatable bonds is 11. The number of nitrogens with two attached hydrogens (primary N) is 1. The van der Waals surface area contributed by atoms with Gasteiger partial charge < -0.3 is 35.8 Å². The van der Waals surface area contributed by atoms with E-state index in [0.717, 1.165) is 19.3 Å². The fraction of sp³-hybridized carbons (Fsp3) is 0.667. The van der Waals surface area contributed by atoms with Crippen molar-refractivity contribution >= 4 is 48.6 Å². The van der Waals surface area contributed by atoms with Gasteiger partial charge in [-0.25, -0.2) is 24.3 Å². The van der Waals surface area contributed by atoms with Gasteiger partial charge >= 0.3 is 19.8 Å². The Morgan fingerprint density at radius 1 is 1.28 bits per heavy atom. The van der Waals surface area contributed by atoms with Gasteiger partial charge in [0.2, 0.25) is 0 Å². The average Bonchev–Trinajstić information content (AvgIpc) is 3.66. The summed E-state index contributed by atoms with van der Waals surface area (Å²) in [4.78, 5) is 35.9. The van der Waals surface area contributed by atoms with Crippen LogP contribution in [0.25, 0.3) is 11.2 Å². The van der Waals surface area contributed by atoms with Gasteiger partial charge in [0, 0.05) is 24.5 Å². The number of carbonyl (C=O) groups is 2. The van der Waals surface area contributed by atoms with Gasteiger partial charge in [0.05, 0.1) is 25.0 Å². The van der Waals surface area contributed by atoms with Crippen molar-refractivity contribution in [1.29, 1.82) is 0 Å². The fourth-order valence-corrected chi connectivity index (χ4v) is 7.31. The van der Waals surface area contributed by atoms with Crippen LogP contribution in [0.4, 0.5) is 10.6 Å². The van der Waals surface area contributed by atoms with E-state index in [1.54, 1.807) is 11.8 Å². The Morgan fingerprint density at radius 3 is 2.90 bits per heavy atom. The molecule has 2 aromatic rings. The number of aliphatic hydroxyl groups excluding tert-OH is 2. The Hall–Kier alpha value is -2.53. The number of thioether (sulfide) groups is 1. The third-order valence-electron chi connectivity index (χ3n) is 6.89. The Labute approximate surface area is 226 Å². The molecule has 0 aliphatic carbocycles. The minimum absolute atomic E-state index is 0.00512. The molecule has 8 atom stereocenters. The topological polar surface area (TPSA) is 222 Å². The third kappa shape index (κ3) is 5.84. The molecule has 6 N–H and O–H groups in total.